The van der Waals surface area contributed by atoms with Gasteiger partial charge < -0.3 is 0 Å². The van der Waals surface area contributed by atoms with Crippen LogP contribution in [0.3, 0.4) is 0 Å². The summed E-state index contributed by atoms with van der Waals surface area (Å²) in [4.78, 5) is 0.995. The van der Waals surface area contributed by atoms with Gasteiger partial charge in [0.05, 0.1) is 11.8 Å². The molecule has 0 saturated carbocycles. The fourth-order valence-corrected chi connectivity index (χ4v) is 5.10. The predicted octanol–water partition coefficient (Wildman–Crippen LogP) is 4.02. The first kappa shape index (κ1) is 15.4. The first-order valence-corrected chi connectivity index (χ1v) is 10.2. The van der Waals surface area contributed by atoms with Gasteiger partial charge in [-0.15, -0.1) is 11.3 Å². The molecule has 1 aromatic carbocycles. The zero-order chi connectivity index (χ0) is 15.4. The summed E-state index contributed by atoms with van der Waals surface area (Å²) in [5.74, 6) is -0.0140. The molecule has 0 fully saturated rings. The summed E-state index contributed by atoms with van der Waals surface area (Å²) in [6.07, 6.45) is 0. The number of hydrogen-bond acceptors (Lipinski definition) is 4. The smallest absolute Gasteiger partial charge is 0.212 e. The molecular weight excluding hydrogens is 334 g/mol. The monoisotopic (exact) mass is 349 g/mol. The van der Waals surface area contributed by atoms with Crippen LogP contribution in [0.25, 0.3) is 0 Å². The first-order chi connectivity index (χ1) is 10.6. The molecule has 3 rings (SSSR count). The minimum atomic E-state index is -3.42. The van der Waals surface area contributed by atoms with Crippen molar-refractivity contribution < 1.29 is 8.42 Å². The van der Waals surface area contributed by atoms with E-state index in [0.717, 1.165) is 16.0 Å². The summed E-state index contributed by atoms with van der Waals surface area (Å²) in [6.45, 7) is 0. The highest BCUT2D eigenvalue weighted by Crippen LogP contribution is 2.28. The molecule has 3 aromatic rings. The highest BCUT2D eigenvalue weighted by Gasteiger charge is 2.22. The van der Waals surface area contributed by atoms with Crippen molar-refractivity contribution in [3.8, 4) is 0 Å². The van der Waals surface area contributed by atoms with Gasteiger partial charge >= 0.3 is 0 Å². The van der Waals surface area contributed by atoms with Crippen LogP contribution < -0.4 is 4.72 Å². The molecule has 22 heavy (non-hydrogen) atoms. The zero-order valence-electron chi connectivity index (χ0n) is 11.7. The van der Waals surface area contributed by atoms with Gasteiger partial charge in [-0.2, -0.15) is 11.3 Å². The normalized spacial score (nSPS) is 13.1. The van der Waals surface area contributed by atoms with Gasteiger partial charge in [-0.05, 0) is 39.4 Å². The lowest BCUT2D eigenvalue weighted by Gasteiger charge is -2.17. The second kappa shape index (κ2) is 6.75. The fraction of sp³-hybridized carbons (Fsp3) is 0.125. The number of sulfonamides is 1. The topological polar surface area (TPSA) is 46.2 Å². The van der Waals surface area contributed by atoms with E-state index in [1.807, 2.05) is 64.7 Å². The van der Waals surface area contributed by atoms with E-state index in [2.05, 4.69) is 4.72 Å². The third-order valence-electron chi connectivity index (χ3n) is 3.20. The highest BCUT2D eigenvalue weighted by atomic mass is 32.2. The molecule has 2 heterocycles. The lowest BCUT2D eigenvalue weighted by atomic mass is 10.1. The number of nitrogens with one attached hydrogen (secondary N) is 1. The van der Waals surface area contributed by atoms with Crippen molar-refractivity contribution in [1.82, 2.24) is 4.72 Å². The van der Waals surface area contributed by atoms with Crippen molar-refractivity contribution in [3.05, 3.63) is 80.7 Å². The van der Waals surface area contributed by atoms with Gasteiger partial charge in [0, 0.05) is 4.88 Å². The molecule has 114 valence electrons. The largest absolute Gasteiger partial charge is 0.216 e. The zero-order valence-corrected chi connectivity index (χ0v) is 14.1. The second-order valence-electron chi connectivity index (χ2n) is 4.87. The third kappa shape index (κ3) is 3.84. The van der Waals surface area contributed by atoms with E-state index in [1.54, 1.807) is 22.7 Å². The number of rotatable bonds is 6. The van der Waals surface area contributed by atoms with Crippen LogP contribution in [0.15, 0.2) is 64.7 Å². The van der Waals surface area contributed by atoms with E-state index in [1.165, 1.54) is 0 Å². The SMILES string of the molecule is O=S(=O)(Cc1ccccc1)N[C@@H](c1ccsc1)c1cccs1. The predicted molar refractivity (Wildman–Crippen MR) is 92.7 cm³/mol. The van der Waals surface area contributed by atoms with Gasteiger partial charge in [-0.1, -0.05) is 36.4 Å². The maximum Gasteiger partial charge on any atom is 0.216 e. The van der Waals surface area contributed by atoms with Gasteiger partial charge in [0.1, 0.15) is 0 Å². The number of thiophene rings is 2. The minimum Gasteiger partial charge on any atom is -0.212 e. The Morgan fingerprint density at radius 1 is 1.00 bits per heavy atom. The van der Waals surface area contributed by atoms with Crippen LogP contribution in [0.5, 0.6) is 0 Å². The lowest BCUT2D eigenvalue weighted by molar-refractivity contribution is 0.572. The molecule has 0 bridgehead atoms. The molecule has 1 atom stereocenters. The molecule has 0 saturated heterocycles. The van der Waals surface area contributed by atoms with Gasteiger partial charge in [0.15, 0.2) is 0 Å². The Bertz CT molecular complexity index is 760. The summed E-state index contributed by atoms with van der Waals surface area (Å²) < 4.78 is 27.8. The van der Waals surface area contributed by atoms with E-state index < -0.39 is 10.0 Å². The standard InChI is InChI=1S/C16H15NO2S3/c18-22(19,12-13-5-2-1-3-6-13)17-16(14-8-10-20-11-14)15-7-4-9-21-15/h1-11,16-17H,12H2/t16-/m0/s1. The van der Waals surface area contributed by atoms with Crippen LogP contribution in [0.2, 0.25) is 0 Å². The van der Waals surface area contributed by atoms with Crippen LogP contribution in [0.4, 0.5) is 0 Å². The van der Waals surface area contributed by atoms with Crippen molar-refractivity contribution in [3.63, 3.8) is 0 Å². The molecule has 0 spiro atoms. The summed E-state index contributed by atoms with van der Waals surface area (Å²) in [5, 5.41) is 5.90. The van der Waals surface area contributed by atoms with E-state index in [9.17, 15) is 8.42 Å². The molecule has 0 unspecified atom stereocenters. The fourth-order valence-electron chi connectivity index (χ4n) is 2.20. The molecule has 1 N–H and O–H groups in total. The Morgan fingerprint density at radius 2 is 1.82 bits per heavy atom. The highest BCUT2D eigenvalue weighted by molar-refractivity contribution is 7.88. The first-order valence-electron chi connectivity index (χ1n) is 6.73. The summed E-state index contributed by atoms with van der Waals surface area (Å²) in [7, 11) is -3.42. The minimum absolute atomic E-state index is 0.0140. The van der Waals surface area contributed by atoms with Crippen LogP contribution in [-0.4, -0.2) is 8.42 Å². The quantitative estimate of drug-likeness (QED) is 0.730. The van der Waals surface area contributed by atoms with Crippen LogP contribution in [0.1, 0.15) is 22.0 Å². The maximum atomic E-state index is 12.5. The van der Waals surface area contributed by atoms with Gasteiger partial charge in [0.25, 0.3) is 0 Å². The molecule has 3 nitrogen and oxygen atoms in total. The Kier molecular flexibility index (Phi) is 4.73. The molecule has 0 aliphatic heterocycles. The van der Waals surface area contributed by atoms with Crippen molar-refractivity contribution in [2.24, 2.45) is 0 Å². The van der Waals surface area contributed by atoms with Crippen molar-refractivity contribution in [2.75, 3.05) is 0 Å². The maximum absolute atomic E-state index is 12.5. The van der Waals surface area contributed by atoms with Gasteiger partial charge in [-0.3, -0.25) is 0 Å². The molecule has 0 aliphatic carbocycles. The molecular formula is C16H15NO2S3. The summed E-state index contributed by atoms with van der Waals surface area (Å²) in [5.41, 5.74) is 1.76. The summed E-state index contributed by atoms with van der Waals surface area (Å²) in [6, 6.07) is 14.8. The number of benzene rings is 1. The molecule has 0 aliphatic rings. The van der Waals surface area contributed by atoms with Crippen LogP contribution in [-0.2, 0) is 15.8 Å². The van der Waals surface area contributed by atoms with Crippen molar-refractivity contribution >= 4 is 32.7 Å². The molecule has 6 heteroatoms. The van der Waals surface area contributed by atoms with Gasteiger partial charge in [0.2, 0.25) is 10.0 Å². The van der Waals surface area contributed by atoms with Crippen molar-refractivity contribution in [2.45, 2.75) is 11.8 Å². The number of hydrogen-bond donors (Lipinski definition) is 1. The Hall–Kier alpha value is -1.47. The third-order valence-corrected chi connectivity index (χ3v) is 6.15. The molecule has 2 aromatic heterocycles. The summed E-state index contributed by atoms with van der Waals surface area (Å²) >= 11 is 3.12. The molecule has 0 amide bonds. The average Bonchev–Trinajstić information content (AvgIpc) is 3.19. The van der Waals surface area contributed by atoms with E-state index >= 15 is 0 Å². The van der Waals surface area contributed by atoms with Crippen LogP contribution in [0, 0.1) is 0 Å². The van der Waals surface area contributed by atoms with E-state index in [4.69, 9.17) is 0 Å². The van der Waals surface area contributed by atoms with E-state index in [0.29, 0.717) is 0 Å². The Morgan fingerprint density at radius 3 is 2.45 bits per heavy atom. The van der Waals surface area contributed by atoms with Crippen LogP contribution >= 0.6 is 22.7 Å². The van der Waals surface area contributed by atoms with Crippen molar-refractivity contribution in [1.29, 1.82) is 0 Å². The lowest BCUT2D eigenvalue weighted by Crippen LogP contribution is -2.29. The Labute approximate surface area is 138 Å². The Balaban J connectivity index is 1.84. The average molecular weight is 350 g/mol. The second-order valence-corrected chi connectivity index (χ2v) is 8.38. The van der Waals surface area contributed by atoms with Gasteiger partial charge in [-0.25, -0.2) is 13.1 Å². The molecule has 0 radical (unpaired) electrons. The van der Waals surface area contributed by atoms with E-state index in [-0.39, 0.29) is 11.8 Å².